The Balaban J connectivity index is 1.41. The number of aryl methyl sites for hydroxylation is 1. The molecule has 0 spiro atoms. The number of ether oxygens (including phenoxy) is 3. The number of amides is 2. The summed E-state index contributed by atoms with van der Waals surface area (Å²) in [5, 5.41) is 5.36. The Morgan fingerprint density at radius 1 is 1.00 bits per heavy atom. The highest BCUT2D eigenvalue weighted by Crippen LogP contribution is 2.32. The number of fused-ring (bicyclic) bond motifs is 1. The largest absolute Gasteiger partial charge is 0.497 e. The molecule has 0 unspecified atom stereocenters. The third kappa shape index (κ3) is 5.37. The fraction of sp³-hybridized carbons (Fsp3) is 0.300. The highest BCUT2D eigenvalue weighted by molar-refractivity contribution is 5.94. The Hall–Kier alpha value is -3.22. The molecule has 1 aliphatic rings. The van der Waals surface area contributed by atoms with Gasteiger partial charge in [-0.05, 0) is 36.2 Å². The first-order valence-electron chi connectivity index (χ1n) is 8.73. The molecule has 7 heteroatoms. The van der Waals surface area contributed by atoms with Crippen LogP contribution in [0.2, 0.25) is 0 Å². The predicted octanol–water partition coefficient (Wildman–Crippen LogP) is 2.15. The van der Waals surface area contributed by atoms with E-state index in [9.17, 15) is 9.59 Å². The van der Waals surface area contributed by atoms with Gasteiger partial charge >= 0.3 is 0 Å². The number of nitrogens with one attached hydrogen (secondary N) is 2. The Morgan fingerprint density at radius 3 is 2.48 bits per heavy atom. The lowest BCUT2D eigenvalue weighted by Crippen LogP contribution is -2.33. The van der Waals surface area contributed by atoms with Crippen molar-refractivity contribution in [3.8, 4) is 17.2 Å². The second-order valence-corrected chi connectivity index (χ2v) is 6.03. The van der Waals surface area contributed by atoms with Crippen molar-refractivity contribution >= 4 is 17.5 Å². The molecule has 0 aromatic heterocycles. The monoisotopic (exact) mass is 370 g/mol. The van der Waals surface area contributed by atoms with Crippen LogP contribution in [0, 0.1) is 0 Å². The summed E-state index contributed by atoms with van der Waals surface area (Å²) in [6.45, 7) is 0.909. The maximum Gasteiger partial charge on any atom is 0.243 e. The van der Waals surface area contributed by atoms with Crippen LogP contribution in [0.1, 0.15) is 12.0 Å². The van der Waals surface area contributed by atoms with Crippen LogP contribution in [-0.2, 0) is 16.0 Å². The quantitative estimate of drug-likeness (QED) is 0.780. The van der Waals surface area contributed by atoms with Gasteiger partial charge in [0.2, 0.25) is 11.8 Å². The van der Waals surface area contributed by atoms with E-state index >= 15 is 0 Å². The minimum atomic E-state index is -0.301. The number of hydrogen-bond acceptors (Lipinski definition) is 5. The van der Waals surface area contributed by atoms with E-state index in [0.29, 0.717) is 43.2 Å². The maximum atomic E-state index is 12.0. The van der Waals surface area contributed by atoms with Crippen LogP contribution >= 0.6 is 0 Å². The summed E-state index contributed by atoms with van der Waals surface area (Å²) in [6.07, 6.45) is 0.906. The van der Waals surface area contributed by atoms with E-state index in [-0.39, 0.29) is 18.4 Å². The SMILES string of the molecule is COc1ccc(CCC(=O)NCC(=O)Nc2ccc3c(c2)OCCO3)cc1. The number of hydrogen-bond donors (Lipinski definition) is 2. The molecule has 0 fully saturated rings. The molecule has 27 heavy (non-hydrogen) atoms. The number of carbonyl (C=O) groups excluding carboxylic acids is 2. The first-order chi connectivity index (χ1) is 13.1. The van der Waals surface area contributed by atoms with E-state index < -0.39 is 0 Å². The van der Waals surface area contributed by atoms with E-state index in [1.54, 1.807) is 25.3 Å². The lowest BCUT2D eigenvalue weighted by atomic mass is 10.1. The molecule has 0 radical (unpaired) electrons. The molecule has 142 valence electrons. The number of carbonyl (C=O) groups is 2. The zero-order valence-corrected chi connectivity index (χ0v) is 15.1. The second-order valence-electron chi connectivity index (χ2n) is 6.03. The third-order valence-corrected chi connectivity index (χ3v) is 4.07. The zero-order chi connectivity index (χ0) is 19.1. The van der Waals surface area contributed by atoms with Gasteiger partial charge in [-0.25, -0.2) is 0 Å². The molecule has 2 aromatic carbocycles. The normalized spacial score (nSPS) is 12.2. The average molecular weight is 370 g/mol. The molecule has 0 saturated heterocycles. The van der Waals surface area contributed by atoms with E-state index in [4.69, 9.17) is 14.2 Å². The van der Waals surface area contributed by atoms with E-state index in [2.05, 4.69) is 10.6 Å². The number of methoxy groups -OCH3 is 1. The molecule has 3 rings (SSSR count). The lowest BCUT2D eigenvalue weighted by molar-refractivity contribution is -0.124. The van der Waals surface area contributed by atoms with Gasteiger partial charge in [0, 0.05) is 18.2 Å². The van der Waals surface area contributed by atoms with Gasteiger partial charge in [-0.2, -0.15) is 0 Å². The summed E-state index contributed by atoms with van der Waals surface area (Å²) in [7, 11) is 1.61. The standard InChI is InChI=1S/C20H22N2O5/c1-25-16-6-2-14(3-7-16)4-9-19(23)21-13-20(24)22-15-5-8-17-18(12-15)27-11-10-26-17/h2-3,5-8,12H,4,9-11,13H2,1H3,(H,21,23)(H,22,24). The smallest absolute Gasteiger partial charge is 0.243 e. The summed E-state index contributed by atoms with van der Waals surface area (Å²) in [6, 6.07) is 12.7. The number of rotatable bonds is 7. The summed E-state index contributed by atoms with van der Waals surface area (Å²) in [5.41, 5.74) is 1.63. The van der Waals surface area contributed by atoms with Gasteiger partial charge in [0.15, 0.2) is 11.5 Å². The lowest BCUT2D eigenvalue weighted by Gasteiger charge is -2.19. The summed E-state index contributed by atoms with van der Waals surface area (Å²) < 4.78 is 16.0. The van der Waals surface area contributed by atoms with Crippen molar-refractivity contribution in [1.29, 1.82) is 0 Å². The first-order valence-corrected chi connectivity index (χ1v) is 8.73. The molecule has 7 nitrogen and oxygen atoms in total. The van der Waals surface area contributed by atoms with Crippen LogP contribution < -0.4 is 24.8 Å². The number of benzene rings is 2. The van der Waals surface area contributed by atoms with E-state index in [0.717, 1.165) is 11.3 Å². The third-order valence-electron chi connectivity index (χ3n) is 4.07. The highest BCUT2D eigenvalue weighted by Gasteiger charge is 2.13. The summed E-state index contributed by atoms with van der Waals surface area (Å²) >= 11 is 0. The molecule has 0 atom stereocenters. The predicted molar refractivity (Wildman–Crippen MR) is 100 cm³/mol. The van der Waals surface area contributed by atoms with Gasteiger partial charge in [-0.3, -0.25) is 9.59 Å². The van der Waals surface area contributed by atoms with Crippen molar-refractivity contribution in [1.82, 2.24) is 5.32 Å². The van der Waals surface area contributed by atoms with Gasteiger partial charge in [-0.1, -0.05) is 12.1 Å². The van der Waals surface area contributed by atoms with Crippen LogP contribution in [0.3, 0.4) is 0 Å². The Morgan fingerprint density at radius 2 is 1.74 bits per heavy atom. The average Bonchev–Trinajstić information content (AvgIpc) is 2.71. The Labute approximate surface area is 157 Å². The van der Waals surface area contributed by atoms with Crippen LogP contribution in [0.5, 0.6) is 17.2 Å². The zero-order valence-electron chi connectivity index (χ0n) is 15.1. The number of anilines is 1. The molecule has 2 aromatic rings. The van der Waals surface area contributed by atoms with Crippen LogP contribution in [0.15, 0.2) is 42.5 Å². The molecular formula is C20H22N2O5. The van der Waals surface area contributed by atoms with Crippen molar-refractivity contribution in [2.45, 2.75) is 12.8 Å². The van der Waals surface area contributed by atoms with Crippen LogP contribution in [0.4, 0.5) is 5.69 Å². The first kappa shape index (κ1) is 18.6. The fourth-order valence-corrected chi connectivity index (χ4v) is 2.64. The van der Waals surface area contributed by atoms with Gasteiger partial charge in [0.1, 0.15) is 19.0 Å². The van der Waals surface area contributed by atoms with Crippen molar-refractivity contribution in [3.05, 3.63) is 48.0 Å². The van der Waals surface area contributed by atoms with Gasteiger partial charge in [0.05, 0.1) is 13.7 Å². The second kappa shape index (κ2) is 8.93. The molecule has 0 bridgehead atoms. The minimum absolute atomic E-state index is 0.0874. The summed E-state index contributed by atoms with van der Waals surface area (Å²) in [5.74, 6) is 1.56. The maximum absolute atomic E-state index is 12.0. The van der Waals surface area contributed by atoms with E-state index in [1.165, 1.54) is 0 Å². The van der Waals surface area contributed by atoms with Gasteiger partial charge in [-0.15, -0.1) is 0 Å². The summed E-state index contributed by atoms with van der Waals surface area (Å²) in [4.78, 5) is 24.0. The molecule has 1 aliphatic heterocycles. The molecule has 2 N–H and O–H groups in total. The molecular weight excluding hydrogens is 348 g/mol. The molecule has 1 heterocycles. The fourth-order valence-electron chi connectivity index (χ4n) is 2.64. The van der Waals surface area contributed by atoms with Crippen molar-refractivity contribution < 1.29 is 23.8 Å². The van der Waals surface area contributed by atoms with Crippen molar-refractivity contribution in [2.24, 2.45) is 0 Å². The molecule has 0 saturated carbocycles. The van der Waals surface area contributed by atoms with Gasteiger partial charge < -0.3 is 24.8 Å². The van der Waals surface area contributed by atoms with Crippen molar-refractivity contribution in [3.63, 3.8) is 0 Å². The Kier molecular flexibility index (Phi) is 6.14. The van der Waals surface area contributed by atoms with E-state index in [1.807, 2.05) is 24.3 Å². The van der Waals surface area contributed by atoms with Crippen molar-refractivity contribution in [2.75, 3.05) is 32.2 Å². The van der Waals surface area contributed by atoms with Gasteiger partial charge in [0.25, 0.3) is 0 Å². The highest BCUT2D eigenvalue weighted by atomic mass is 16.6. The Bertz CT molecular complexity index is 805. The topological polar surface area (TPSA) is 85.9 Å². The molecule has 2 amide bonds. The minimum Gasteiger partial charge on any atom is -0.497 e. The van der Waals surface area contributed by atoms with Crippen LogP contribution in [-0.4, -0.2) is 38.7 Å². The van der Waals surface area contributed by atoms with Crippen LogP contribution in [0.25, 0.3) is 0 Å². The molecule has 0 aliphatic carbocycles.